The van der Waals surface area contributed by atoms with Crippen molar-refractivity contribution in [1.29, 1.82) is 0 Å². The first kappa shape index (κ1) is 11.0. The van der Waals surface area contributed by atoms with Gasteiger partial charge in [-0.05, 0) is 25.7 Å². The van der Waals surface area contributed by atoms with Crippen molar-refractivity contribution < 1.29 is 9.84 Å². The Morgan fingerprint density at radius 3 is 2.54 bits per heavy atom. The summed E-state index contributed by atoms with van der Waals surface area (Å²) < 4.78 is 5.29. The van der Waals surface area contributed by atoms with Crippen LogP contribution in [0.5, 0.6) is 0 Å². The molecule has 1 fully saturated rings. The minimum atomic E-state index is -0.848. The van der Waals surface area contributed by atoms with Crippen LogP contribution >= 0.6 is 0 Å². The molecule has 0 saturated carbocycles. The monoisotopic (exact) mass is 187 g/mol. The second kappa shape index (κ2) is 3.56. The van der Waals surface area contributed by atoms with Crippen LogP contribution in [-0.4, -0.2) is 29.5 Å². The summed E-state index contributed by atoms with van der Waals surface area (Å²) >= 11 is 0. The number of hydrogen-bond acceptors (Lipinski definition) is 3. The highest BCUT2D eigenvalue weighted by Gasteiger charge is 2.47. The Balaban J connectivity index is 2.76. The Bertz CT molecular complexity index is 172. The molecule has 0 aromatic carbocycles. The van der Waals surface area contributed by atoms with E-state index >= 15 is 0 Å². The first-order valence-corrected chi connectivity index (χ1v) is 4.99. The van der Waals surface area contributed by atoms with Crippen molar-refractivity contribution in [2.45, 2.75) is 44.8 Å². The lowest BCUT2D eigenvalue weighted by molar-refractivity contribution is -0.135. The molecule has 0 amide bonds. The lowest BCUT2D eigenvalue weighted by atomic mass is 9.71. The summed E-state index contributed by atoms with van der Waals surface area (Å²) in [7, 11) is 0. The van der Waals surface area contributed by atoms with Crippen LogP contribution in [0, 0.1) is 5.92 Å². The van der Waals surface area contributed by atoms with E-state index in [9.17, 15) is 5.11 Å². The smallest absolute Gasteiger partial charge is 0.106 e. The molecule has 3 N–H and O–H groups in total. The molecule has 1 aliphatic rings. The lowest BCUT2D eigenvalue weighted by Gasteiger charge is -2.47. The largest absolute Gasteiger partial charge is 0.386 e. The van der Waals surface area contributed by atoms with E-state index in [1.54, 1.807) is 0 Å². The van der Waals surface area contributed by atoms with Gasteiger partial charge >= 0.3 is 0 Å². The van der Waals surface area contributed by atoms with E-state index in [1.807, 2.05) is 20.8 Å². The van der Waals surface area contributed by atoms with Gasteiger partial charge in [0, 0.05) is 12.1 Å². The first-order valence-electron chi connectivity index (χ1n) is 4.99. The molecule has 1 heterocycles. The molecule has 1 rings (SSSR count). The summed E-state index contributed by atoms with van der Waals surface area (Å²) in [4.78, 5) is 0. The fourth-order valence-electron chi connectivity index (χ4n) is 1.74. The van der Waals surface area contributed by atoms with Crippen LogP contribution in [0.4, 0.5) is 0 Å². The van der Waals surface area contributed by atoms with E-state index in [1.165, 1.54) is 0 Å². The zero-order valence-corrected chi connectivity index (χ0v) is 8.84. The number of aliphatic hydroxyl groups is 1. The molecule has 1 aliphatic heterocycles. The van der Waals surface area contributed by atoms with E-state index in [2.05, 4.69) is 0 Å². The summed E-state index contributed by atoms with van der Waals surface area (Å²) in [6, 6.07) is 0. The van der Waals surface area contributed by atoms with Gasteiger partial charge in [-0.15, -0.1) is 0 Å². The zero-order chi connectivity index (χ0) is 10.1. The molecular weight excluding hydrogens is 166 g/mol. The molecule has 0 aromatic heterocycles. The molecule has 2 atom stereocenters. The van der Waals surface area contributed by atoms with Crippen molar-refractivity contribution in [2.75, 3.05) is 13.2 Å². The molecule has 3 nitrogen and oxygen atoms in total. The maximum atomic E-state index is 10.3. The van der Waals surface area contributed by atoms with E-state index in [4.69, 9.17) is 10.5 Å². The normalized spacial score (nSPS) is 34.6. The Kier molecular flexibility index (Phi) is 3.00. The molecule has 1 saturated heterocycles. The van der Waals surface area contributed by atoms with Gasteiger partial charge in [0.25, 0.3) is 0 Å². The molecule has 78 valence electrons. The maximum absolute atomic E-state index is 10.3. The summed E-state index contributed by atoms with van der Waals surface area (Å²) in [5.41, 5.74) is 4.73. The van der Waals surface area contributed by atoms with Gasteiger partial charge in [0.15, 0.2) is 0 Å². The molecule has 2 unspecified atom stereocenters. The zero-order valence-electron chi connectivity index (χ0n) is 8.84. The van der Waals surface area contributed by atoms with Gasteiger partial charge in [0.1, 0.15) is 5.60 Å². The Morgan fingerprint density at radius 2 is 2.15 bits per heavy atom. The molecule has 13 heavy (non-hydrogen) atoms. The molecule has 0 spiro atoms. The van der Waals surface area contributed by atoms with Crippen molar-refractivity contribution in [3.05, 3.63) is 0 Å². The second-order valence-electron chi connectivity index (χ2n) is 4.63. The average Bonchev–Trinajstić information content (AvgIpc) is 2.05. The minimum absolute atomic E-state index is 0.249. The first-order chi connectivity index (χ1) is 5.90. The molecule has 0 aromatic rings. The quantitative estimate of drug-likeness (QED) is 0.675. The third-order valence-corrected chi connectivity index (χ3v) is 3.42. The van der Waals surface area contributed by atoms with Crippen LogP contribution in [0.1, 0.15) is 33.6 Å². The van der Waals surface area contributed by atoms with E-state index in [0.29, 0.717) is 6.61 Å². The highest BCUT2D eigenvalue weighted by Crippen LogP contribution is 2.33. The summed E-state index contributed by atoms with van der Waals surface area (Å²) in [5.74, 6) is 0.249. The van der Waals surface area contributed by atoms with Gasteiger partial charge in [0.2, 0.25) is 0 Å². The van der Waals surface area contributed by atoms with Crippen LogP contribution in [0.25, 0.3) is 0 Å². The summed E-state index contributed by atoms with van der Waals surface area (Å²) in [6.45, 7) is 7.10. The molecule has 3 heteroatoms. The van der Waals surface area contributed by atoms with Crippen LogP contribution in [0.15, 0.2) is 0 Å². The van der Waals surface area contributed by atoms with Gasteiger partial charge in [-0.3, -0.25) is 0 Å². The number of ether oxygens (including phenoxy) is 1. The maximum Gasteiger partial charge on any atom is 0.106 e. The lowest BCUT2D eigenvalue weighted by Crippen LogP contribution is -2.65. The van der Waals surface area contributed by atoms with Crippen LogP contribution < -0.4 is 5.73 Å². The van der Waals surface area contributed by atoms with E-state index in [0.717, 1.165) is 19.4 Å². The van der Waals surface area contributed by atoms with Crippen molar-refractivity contribution in [3.63, 3.8) is 0 Å². The summed E-state index contributed by atoms with van der Waals surface area (Å²) in [6.07, 6.45) is 1.65. The number of rotatable bonds is 2. The predicted octanol–water partition coefficient (Wildman–Crippen LogP) is 0.901. The highest BCUT2D eigenvalue weighted by molar-refractivity contribution is 5.03. The van der Waals surface area contributed by atoms with Crippen LogP contribution in [0.2, 0.25) is 0 Å². The topological polar surface area (TPSA) is 55.5 Å². The van der Waals surface area contributed by atoms with Gasteiger partial charge in [0.05, 0.1) is 6.61 Å². The molecule has 0 bridgehead atoms. The Labute approximate surface area is 80.3 Å². The van der Waals surface area contributed by atoms with Gasteiger partial charge < -0.3 is 15.6 Å². The number of nitrogens with two attached hydrogens (primary N) is 1. The predicted molar refractivity (Wildman–Crippen MR) is 52.4 cm³/mol. The highest BCUT2D eigenvalue weighted by atomic mass is 16.5. The fourth-order valence-corrected chi connectivity index (χ4v) is 1.74. The molecule has 0 radical (unpaired) electrons. The fraction of sp³-hybridized carbons (Fsp3) is 1.00. The van der Waals surface area contributed by atoms with Crippen LogP contribution in [-0.2, 0) is 4.74 Å². The third-order valence-electron chi connectivity index (χ3n) is 3.42. The Hall–Kier alpha value is -0.120. The van der Waals surface area contributed by atoms with Crippen molar-refractivity contribution in [1.82, 2.24) is 0 Å². The van der Waals surface area contributed by atoms with E-state index < -0.39 is 11.1 Å². The number of hydrogen-bond donors (Lipinski definition) is 2. The average molecular weight is 187 g/mol. The van der Waals surface area contributed by atoms with Gasteiger partial charge in [-0.25, -0.2) is 0 Å². The van der Waals surface area contributed by atoms with Crippen LogP contribution in [0.3, 0.4) is 0 Å². The second-order valence-corrected chi connectivity index (χ2v) is 4.63. The summed E-state index contributed by atoms with van der Waals surface area (Å²) in [5, 5.41) is 10.3. The van der Waals surface area contributed by atoms with Crippen molar-refractivity contribution in [2.24, 2.45) is 11.7 Å². The van der Waals surface area contributed by atoms with Crippen molar-refractivity contribution >= 4 is 0 Å². The SMILES string of the molecule is CC(C)C(C)(N)C1(O)CCCOC1. The van der Waals surface area contributed by atoms with E-state index in [-0.39, 0.29) is 5.92 Å². The molecule has 0 aliphatic carbocycles. The third kappa shape index (κ3) is 1.87. The molecular formula is C10H21NO2. The minimum Gasteiger partial charge on any atom is -0.386 e. The Morgan fingerprint density at radius 1 is 1.54 bits per heavy atom. The van der Waals surface area contributed by atoms with Gasteiger partial charge in [-0.1, -0.05) is 13.8 Å². The standard InChI is InChI=1S/C10H21NO2/c1-8(2)9(3,11)10(12)5-4-6-13-7-10/h8,12H,4-7,11H2,1-3H3. The van der Waals surface area contributed by atoms with Crippen molar-refractivity contribution in [3.8, 4) is 0 Å². The van der Waals surface area contributed by atoms with Gasteiger partial charge in [-0.2, -0.15) is 0 Å².